The fourth-order valence-corrected chi connectivity index (χ4v) is 56.2. The predicted octanol–water partition coefficient (Wildman–Crippen LogP) is 2.47. The Balaban J connectivity index is 2.00. The molecule has 0 N–H and O–H groups in total. The summed E-state index contributed by atoms with van der Waals surface area (Å²) in [4.78, 5) is 0. The molecule has 0 aromatic rings. The second-order valence-corrected chi connectivity index (χ2v) is 82.2. The summed E-state index contributed by atoms with van der Waals surface area (Å²) in [6.07, 6.45) is 0. The van der Waals surface area contributed by atoms with Gasteiger partial charge in [-0.25, -0.2) is 0 Å². The summed E-state index contributed by atoms with van der Waals surface area (Å²) in [6.45, 7) is 0. The van der Waals surface area contributed by atoms with Crippen LogP contribution in [0.25, 0.3) is 0 Å². The molecule has 1 saturated heterocycles. The zero-order valence-electron chi connectivity index (χ0n) is 1.63. The molecule has 0 radical (unpaired) electrons. The first-order valence-corrected chi connectivity index (χ1v) is 30.0. The molecule has 1 heterocycles. The summed E-state index contributed by atoms with van der Waals surface area (Å²) in [5.74, 6) is 0. The van der Waals surface area contributed by atoms with E-state index in [0.29, 0.717) is 0 Å². The fourth-order valence-electron chi connectivity index (χ4n) is 0.0278. The molecule has 1 rings (SSSR count). The van der Waals surface area contributed by atoms with E-state index >= 15 is 0 Å². The summed E-state index contributed by atoms with van der Waals surface area (Å²) in [7, 11) is 0. The summed E-state index contributed by atoms with van der Waals surface area (Å²) in [5, 5.41) is 0. The maximum atomic E-state index is 0.980. The van der Waals surface area contributed by atoms with Gasteiger partial charge in [-0.15, -0.1) is 0 Å². The molecule has 0 unspecified atom stereocenters. The Hall–Kier alpha value is 2.92. The zero-order chi connectivity index (χ0) is 2.83. The van der Waals surface area contributed by atoms with E-state index in [1.165, 1.54) is 0 Å². The van der Waals surface area contributed by atoms with Crippen molar-refractivity contribution in [2.24, 2.45) is 0 Å². The van der Waals surface area contributed by atoms with Crippen LogP contribution < -0.4 is 0 Å². The van der Waals surface area contributed by atoms with E-state index in [1.807, 2.05) is 0 Å². The first kappa shape index (κ1) is 5.06. The first-order valence-electron chi connectivity index (χ1n) is 0.667. The van der Waals surface area contributed by atoms with E-state index in [4.69, 9.17) is 0 Å². The molecule has 4 heteroatoms. The van der Waals surface area contributed by atoms with Crippen LogP contribution in [0, 0.1) is 0 Å². The molecular formula is H4I4. The van der Waals surface area contributed by atoms with E-state index < -0.39 is 0 Å². The minimum absolute atomic E-state index is 0.980. The Morgan fingerprint density at radius 2 is 0.750 bits per heavy atom. The second kappa shape index (κ2) is 2.99. The van der Waals surface area contributed by atoms with Crippen molar-refractivity contribution >= 4 is 53.0 Å². The Morgan fingerprint density at radius 3 is 0.750 bits per heavy atom. The molecule has 0 spiro atoms. The van der Waals surface area contributed by atoms with Crippen LogP contribution in [-0.2, 0) is 0 Å². The quantitative estimate of drug-likeness (QED) is 0.439. The van der Waals surface area contributed by atoms with Crippen molar-refractivity contribution in [3.05, 3.63) is 0 Å². The molecule has 0 saturated carbocycles. The van der Waals surface area contributed by atoms with Gasteiger partial charge in [-0.1, -0.05) is 0 Å². The Morgan fingerprint density at radius 1 is 0.500 bits per heavy atom. The number of hydrogen-bond acceptors (Lipinski definition) is 0. The van der Waals surface area contributed by atoms with Gasteiger partial charge in [-0.3, -0.25) is 0 Å². The topological polar surface area (TPSA) is 0 Å². The summed E-state index contributed by atoms with van der Waals surface area (Å²) < 4.78 is 0. The molecule has 0 aromatic carbocycles. The molecule has 32 valence electrons. The van der Waals surface area contributed by atoms with Gasteiger partial charge < -0.3 is 0 Å². The van der Waals surface area contributed by atoms with Crippen molar-refractivity contribution in [1.82, 2.24) is 0 Å². The normalized spacial score (nSPS) is 32.0. The summed E-state index contributed by atoms with van der Waals surface area (Å²) in [5.41, 5.74) is 0. The van der Waals surface area contributed by atoms with Gasteiger partial charge in [-0.2, -0.15) is 0 Å². The summed E-state index contributed by atoms with van der Waals surface area (Å²) in [6, 6.07) is 0. The minimum atomic E-state index is 0.980. The second-order valence-electron chi connectivity index (χ2n) is 0.272. The van der Waals surface area contributed by atoms with Gasteiger partial charge in [0.1, 0.15) is 0 Å². The van der Waals surface area contributed by atoms with Crippen LogP contribution in [-0.4, -0.2) is 0 Å². The molecule has 4 heavy (non-hydrogen) atoms. The van der Waals surface area contributed by atoms with Crippen molar-refractivity contribution in [3.63, 3.8) is 0 Å². The van der Waals surface area contributed by atoms with Crippen molar-refractivity contribution in [2.45, 2.75) is 0 Å². The van der Waals surface area contributed by atoms with Gasteiger partial charge in [-0.05, 0) is 0 Å². The third-order valence-corrected chi connectivity index (χ3v) is 225. The van der Waals surface area contributed by atoms with Crippen LogP contribution in [0.5, 0.6) is 0 Å². The van der Waals surface area contributed by atoms with Crippen LogP contribution in [0.4, 0.5) is 0 Å². The van der Waals surface area contributed by atoms with Gasteiger partial charge in [0.25, 0.3) is 0 Å². The summed E-state index contributed by atoms with van der Waals surface area (Å²) >= 11 is 3.92. The SMILES string of the molecule is [IH]1[IH][IH][IH]1. The first-order chi connectivity index (χ1) is 2.00. The molecule has 0 aliphatic carbocycles. The molecule has 0 atom stereocenters. The Kier molecular flexibility index (Phi) is 3.79. The van der Waals surface area contributed by atoms with Crippen LogP contribution in [0.2, 0.25) is 0 Å². The van der Waals surface area contributed by atoms with Crippen LogP contribution in [0.3, 0.4) is 0 Å². The van der Waals surface area contributed by atoms with Crippen molar-refractivity contribution in [1.29, 1.82) is 0 Å². The van der Waals surface area contributed by atoms with E-state index in [1.54, 1.807) is 0 Å². The molecule has 1 fully saturated rings. The average molecular weight is 512 g/mol. The average Bonchev–Trinajstić information content (AvgIpc) is 0.722. The Labute approximate surface area is 51.1 Å². The Bertz CT molecular complexity index is 8.00. The molecular weight excluding hydrogens is 508 g/mol. The number of hydrogen-bond donors (Lipinski definition) is 0. The predicted molar refractivity (Wildman–Crippen MR) is 61.7 cm³/mol. The van der Waals surface area contributed by atoms with Gasteiger partial charge >= 0.3 is 53.0 Å². The maximum absolute atomic E-state index is 0.980. The van der Waals surface area contributed by atoms with Gasteiger partial charge in [0.05, 0.1) is 0 Å². The van der Waals surface area contributed by atoms with E-state index in [2.05, 4.69) is 0 Å². The zero-order valence-corrected chi connectivity index (χ0v) is 11.0. The van der Waals surface area contributed by atoms with E-state index in [0.717, 1.165) is 53.0 Å². The van der Waals surface area contributed by atoms with Crippen molar-refractivity contribution in [3.8, 4) is 0 Å². The van der Waals surface area contributed by atoms with E-state index in [9.17, 15) is 0 Å². The number of rotatable bonds is 0. The monoisotopic (exact) mass is 512 g/mol. The molecule has 1 aliphatic heterocycles. The molecule has 0 bridgehead atoms. The van der Waals surface area contributed by atoms with Crippen molar-refractivity contribution in [2.75, 3.05) is 0 Å². The standard InChI is InChI=1S/H4I4/c1-2-4-3-1/h1-4H. The van der Waals surface area contributed by atoms with Gasteiger partial charge in [0.2, 0.25) is 0 Å². The molecule has 0 aromatic heterocycles. The van der Waals surface area contributed by atoms with Gasteiger partial charge in [0, 0.05) is 0 Å². The molecule has 0 amide bonds. The third-order valence-electron chi connectivity index (χ3n) is 0.111. The van der Waals surface area contributed by atoms with E-state index in [-0.39, 0.29) is 0 Å². The van der Waals surface area contributed by atoms with Crippen LogP contribution >= 0.6 is 53.0 Å². The van der Waals surface area contributed by atoms with Gasteiger partial charge in [0.15, 0.2) is 0 Å². The fraction of sp³-hybridized carbons (Fsp3) is 0. The van der Waals surface area contributed by atoms with Crippen LogP contribution in [0.15, 0.2) is 0 Å². The molecule has 1 aliphatic rings. The molecule has 0 nitrogen and oxygen atoms in total. The third kappa shape index (κ3) is 1.58. The van der Waals surface area contributed by atoms with Crippen molar-refractivity contribution < 1.29 is 0 Å². The van der Waals surface area contributed by atoms with Crippen LogP contribution in [0.1, 0.15) is 0 Å². The number of halogens is 4.